The fourth-order valence-electron chi connectivity index (χ4n) is 10.8. The first-order valence-corrected chi connectivity index (χ1v) is 14.4. The fraction of sp³-hybridized carbons (Fsp3) is 0.871. The maximum atomic E-state index is 14.3. The second-order valence-corrected chi connectivity index (χ2v) is 15.5. The Morgan fingerprint density at radius 1 is 0.972 bits per heavy atom. The monoisotopic (exact) mass is 498 g/mol. The van der Waals surface area contributed by atoms with E-state index in [0.717, 1.165) is 56.4 Å². The Hall–Kier alpha value is -1.20. The summed E-state index contributed by atoms with van der Waals surface area (Å²) in [5.41, 5.74) is 7.33. The minimum atomic E-state index is -0.596. The van der Waals surface area contributed by atoms with Gasteiger partial charge in [0, 0.05) is 24.4 Å². The van der Waals surface area contributed by atoms with Gasteiger partial charge in [0.2, 0.25) is 0 Å². The van der Waals surface area contributed by atoms with Crippen LogP contribution >= 0.6 is 0 Å². The number of hydrogen-bond donors (Lipinski definition) is 2. The van der Waals surface area contributed by atoms with Crippen LogP contribution in [0.2, 0.25) is 0 Å². The van der Waals surface area contributed by atoms with Crippen LogP contribution in [0.15, 0.2) is 11.6 Å². The molecule has 5 rings (SSSR count). The topological polar surface area (TPSA) is 83.6 Å². The van der Waals surface area contributed by atoms with Crippen LogP contribution in [0, 0.1) is 50.2 Å². The molecule has 0 aliphatic heterocycles. The molecule has 0 heterocycles. The van der Waals surface area contributed by atoms with E-state index in [4.69, 9.17) is 5.73 Å². The first-order chi connectivity index (χ1) is 16.5. The second-order valence-electron chi connectivity index (χ2n) is 15.5. The predicted molar refractivity (Wildman–Crippen MR) is 142 cm³/mol. The highest BCUT2D eigenvalue weighted by Gasteiger charge is 2.70. The number of nitrogens with zero attached hydrogens (tertiary/aromatic N) is 1. The van der Waals surface area contributed by atoms with Crippen molar-refractivity contribution in [1.29, 1.82) is 0 Å². The molecule has 5 heteroatoms. The molecule has 0 aromatic heterocycles. The van der Waals surface area contributed by atoms with Crippen LogP contribution < -0.4 is 5.73 Å². The van der Waals surface area contributed by atoms with E-state index in [0.29, 0.717) is 18.1 Å². The summed E-state index contributed by atoms with van der Waals surface area (Å²) < 4.78 is 0. The summed E-state index contributed by atoms with van der Waals surface area (Å²) in [4.78, 5) is 27.4. The normalized spacial score (nSPS) is 51.7. The number of ketones is 1. The number of allylic oxidation sites excluding steroid dienone is 2. The SMILES string of the molecule is CN(O)C(=O)[C@@]1(C)CC[C@]2(C)CC[C@]3(C)C(=CC(=O)[C@@H]4[C@@]5(C)CC[C@H](N)C(C)(C)C5CC[C@]43C)[C@@H]2C1. The van der Waals surface area contributed by atoms with E-state index in [1.54, 1.807) is 0 Å². The van der Waals surface area contributed by atoms with Crippen molar-refractivity contribution >= 4 is 11.7 Å². The Balaban J connectivity index is 1.60. The first kappa shape index (κ1) is 26.4. The number of carbonyl (C=O) groups excluding carboxylic acids is 2. The number of carbonyl (C=O) groups is 2. The molecule has 0 spiro atoms. The summed E-state index contributed by atoms with van der Waals surface area (Å²) >= 11 is 0. The van der Waals surface area contributed by atoms with Crippen molar-refractivity contribution in [1.82, 2.24) is 5.06 Å². The molecule has 0 radical (unpaired) electrons. The third-order valence-electron chi connectivity index (χ3n) is 13.5. The maximum Gasteiger partial charge on any atom is 0.251 e. The summed E-state index contributed by atoms with van der Waals surface area (Å²) in [6.45, 7) is 16.4. The highest BCUT2D eigenvalue weighted by molar-refractivity contribution is 5.95. The van der Waals surface area contributed by atoms with Crippen molar-refractivity contribution < 1.29 is 14.8 Å². The van der Waals surface area contributed by atoms with Gasteiger partial charge < -0.3 is 5.73 Å². The van der Waals surface area contributed by atoms with Crippen molar-refractivity contribution in [3.8, 4) is 0 Å². The van der Waals surface area contributed by atoms with Crippen molar-refractivity contribution in [2.45, 2.75) is 112 Å². The van der Waals surface area contributed by atoms with E-state index in [-0.39, 0.29) is 50.9 Å². The largest absolute Gasteiger partial charge is 0.327 e. The van der Waals surface area contributed by atoms with Gasteiger partial charge in [0.05, 0.1) is 0 Å². The van der Waals surface area contributed by atoms with Crippen LogP contribution in [0.5, 0.6) is 0 Å². The molecule has 3 N–H and O–H groups in total. The number of hydroxylamine groups is 2. The molecular formula is C31H50N2O3. The van der Waals surface area contributed by atoms with Gasteiger partial charge in [-0.25, -0.2) is 5.06 Å². The van der Waals surface area contributed by atoms with Gasteiger partial charge >= 0.3 is 0 Å². The van der Waals surface area contributed by atoms with Gasteiger partial charge in [-0.1, -0.05) is 54.0 Å². The lowest BCUT2D eigenvalue weighted by molar-refractivity contribution is -0.190. The third-order valence-corrected chi connectivity index (χ3v) is 13.5. The molecule has 5 aliphatic rings. The van der Waals surface area contributed by atoms with Crippen molar-refractivity contribution in [3.63, 3.8) is 0 Å². The number of fused-ring (bicyclic) bond motifs is 7. The van der Waals surface area contributed by atoms with Crippen LogP contribution in [0.3, 0.4) is 0 Å². The number of rotatable bonds is 1. The summed E-state index contributed by atoms with van der Waals surface area (Å²) in [6.07, 6.45) is 11.0. The lowest BCUT2D eigenvalue weighted by Gasteiger charge is -2.70. The minimum absolute atomic E-state index is 0.0220. The van der Waals surface area contributed by atoms with E-state index >= 15 is 0 Å². The molecule has 1 amide bonds. The van der Waals surface area contributed by atoms with E-state index in [1.165, 1.54) is 12.6 Å². The molecule has 4 fully saturated rings. The smallest absolute Gasteiger partial charge is 0.251 e. The summed E-state index contributed by atoms with van der Waals surface area (Å²) in [5.74, 6) is 0.804. The fourth-order valence-corrected chi connectivity index (χ4v) is 10.8. The van der Waals surface area contributed by atoms with Gasteiger partial charge in [-0.15, -0.1) is 0 Å². The summed E-state index contributed by atoms with van der Waals surface area (Å²) in [6, 6.07) is 0.192. The molecule has 5 nitrogen and oxygen atoms in total. The van der Waals surface area contributed by atoms with Gasteiger partial charge in [0.15, 0.2) is 5.78 Å². The first-order valence-electron chi connectivity index (χ1n) is 14.4. The standard InChI is InChI=1S/C31H50N2O3/c1-26(2)22-9-12-31(7)24(29(22,5)11-10-23(26)32)21(34)17-19-20-18-28(4,25(35)33(8)36)14-13-27(20,3)15-16-30(19,31)6/h17,20,22-24,36H,9-16,18,32H2,1-8H3/t20-,22?,23-,24+,27+,28-,29-,30+,31+/m0/s1. The van der Waals surface area contributed by atoms with Gasteiger partial charge in [-0.3, -0.25) is 14.8 Å². The molecule has 4 saturated carbocycles. The third kappa shape index (κ3) is 3.14. The number of hydrogen-bond acceptors (Lipinski definition) is 4. The van der Waals surface area contributed by atoms with Gasteiger partial charge in [-0.2, -0.15) is 0 Å². The van der Waals surface area contributed by atoms with Crippen LogP contribution in [-0.2, 0) is 9.59 Å². The highest BCUT2D eigenvalue weighted by Crippen LogP contribution is 2.75. The average Bonchev–Trinajstić information content (AvgIpc) is 2.78. The van der Waals surface area contributed by atoms with E-state index < -0.39 is 5.41 Å². The Bertz CT molecular complexity index is 1020. The number of amides is 1. The zero-order valence-electron chi connectivity index (χ0n) is 24.0. The molecule has 5 aliphatic carbocycles. The van der Waals surface area contributed by atoms with E-state index in [2.05, 4.69) is 47.6 Å². The lowest BCUT2D eigenvalue weighted by Crippen LogP contribution is -2.67. The van der Waals surface area contributed by atoms with Crippen LogP contribution in [0.4, 0.5) is 0 Å². The summed E-state index contributed by atoms with van der Waals surface area (Å²) in [5, 5.41) is 10.8. The van der Waals surface area contributed by atoms with E-state index in [1.807, 2.05) is 6.92 Å². The molecular weight excluding hydrogens is 448 g/mol. The van der Waals surface area contributed by atoms with Crippen LogP contribution in [0.1, 0.15) is 106 Å². The molecule has 0 aromatic rings. The Kier molecular flexibility index (Phi) is 5.64. The molecule has 36 heavy (non-hydrogen) atoms. The molecule has 0 aromatic carbocycles. The average molecular weight is 499 g/mol. The van der Waals surface area contributed by atoms with Crippen LogP contribution in [-0.4, -0.2) is 35.1 Å². The maximum absolute atomic E-state index is 14.3. The minimum Gasteiger partial charge on any atom is -0.327 e. The second kappa shape index (κ2) is 7.68. The van der Waals surface area contributed by atoms with Crippen molar-refractivity contribution in [2.24, 2.45) is 56.0 Å². The predicted octanol–water partition coefficient (Wildman–Crippen LogP) is 6.14. The quantitative estimate of drug-likeness (QED) is 0.336. The van der Waals surface area contributed by atoms with Crippen molar-refractivity contribution in [2.75, 3.05) is 7.05 Å². The Morgan fingerprint density at radius 3 is 2.25 bits per heavy atom. The highest BCUT2D eigenvalue weighted by atomic mass is 16.5. The zero-order chi connectivity index (χ0) is 26.7. The Labute approximate surface area is 218 Å². The number of nitrogens with two attached hydrogens (primary N) is 1. The molecule has 9 atom stereocenters. The molecule has 0 bridgehead atoms. The molecule has 202 valence electrons. The van der Waals surface area contributed by atoms with E-state index in [9.17, 15) is 14.8 Å². The van der Waals surface area contributed by atoms with Gasteiger partial charge in [0.25, 0.3) is 5.91 Å². The van der Waals surface area contributed by atoms with Crippen molar-refractivity contribution in [3.05, 3.63) is 11.6 Å². The molecule has 1 unspecified atom stereocenters. The van der Waals surface area contributed by atoms with Gasteiger partial charge in [0.1, 0.15) is 0 Å². The molecule has 0 saturated heterocycles. The zero-order valence-corrected chi connectivity index (χ0v) is 24.0. The van der Waals surface area contributed by atoms with Gasteiger partial charge in [-0.05, 0) is 103 Å². The van der Waals surface area contributed by atoms with Crippen LogP contribution in [0.25, 0.3) is 0 Å². The Morgan fingerprint density at radius 2 is 1.61 bits per heavy atom. The summed E-state index contributed by atoms with van der Waals surface area (Å²) in [7, 11) is 1.44. The lowest BCUT2D eigenvalue weighted by atomic mass is 9.33.